The molecule has 0 unspecified atom stereocenters. The second-order valence-corrected chi connectivity index (χ2v) is 7.15. The minimum atomic E-state index is -0.394. The van der Waals surface area contributed by atoms with Crippen molar-refractivity contribution in [2.45, 2.75) is 56.9 Å². The Morgan fingerprint density at radius 1 is 1.36 bits per heavy atom. The molecule has 1 amide bonds. The van der Waals surface area contributed by atoms with E-state index in [1.54, 1.807) is 6.07 Å². The maximum Gasteiger partial charge on any atom is 0.289 e. The highest BCUT2D eigenvalue weighted by atomic mass is 16.5. The minimum Gasteiger partial charge on any atom is -0.456 e. The van der Waals surface area contributed by atoms with Crippen molar-refractivity contribution in [3.63, 3.8) is 0 Å². The van der Waals surface area contributed by atoms with Crippen molar-refractivity contribution in [2.75, 3.05) is 13.1 Å². The van der Waals surface area contributed by atoms with Crippen molar-refractivity contribution >= 4 is 5.91 Å². The third-order valence-electron chi connectivity index (χ3n) is 5.49. The molecular formula is C18H24N4O3. The molecular weight excluding hydrogens is 320 g/mol. The Balaban J connectivity index is 1.37. The molecule has 1 aliphatic carbocycles. The standard InChI is InChI=1S/C18H24N4O3/c1-2-13-4-5-14(24-13)16(23)22-10-6-12(7-11-22)15-20-17(21-25-15)18(19)8-3-9-18/h4-5,12H,2-3,6-11,19H2,1H3. The summed E-state index contributed by atoms with van der Waals surface area (Å²) in [4.78, 5) is 18.9. The average Bonchev–Trinajstić information content (AvgIpc) is 3.29. The van der Waals surface area contributed by atoms with Gasteiger partial charge in [0, 0.05) is 25.4 Å². The second kappa shape index (κ2) is 6.29. The number of hydrogen-bond acceptors (Lipinski definition) is 6. The van der Waals surface area contributed by atoms with E-state index in [0.717, 1.165) is 44.3 Å². The van der Waals surface area contributed by atoms with Gasteiger partial charge in [-0.2, -0.15) is 4.98 Å². The number of carbonyl (C=O) groups is 1. The summed E-state index contributed by atoms with van der Waals surface area (Å²) >= 11 is 0. The molecule has 1 aliphatic heterocycles. The van der Waals surface area contributed by atoms with Gasteiger partial charge in [0.2, 0.25) is 5.89 Å². The summed E-state index contributed by atoms with van der Waals surface area (Å²) < 4.78 is 11.0. The Kier molecular flexibility index (Phi) is 4.11. The fourth-order valence-electron chi connectivity index (χ4n) is 3.55. The monoisotopic (exact) mass is 344 g/mol. The zero-order chi connectivity index (χ0) is 17.4. The Morgan fingerprint density at radius 2 is 2.12 bits per heavy atom. The third-order valence-corrected chi connectivity index (χ3v) is 5.49. The summed E-state index contributed by atoms with van der Waals surface area (Å²) in [5, 5.41) is 4.09. The molecule has 0 radical (unpaired) electrons. The van der Waals surface area contributed by atoms with Crippen LogP contribution in [0.25, 0.3) is 0 Å². The number of nitrogens with zero attached hydrogens (tertiary/aromatic N) is 3. The molecule has 7 heteroatoms. The van der Waals surface area contributed by atoms with Gasteiger partial charge in [0.05, 0.1) is 5.54 Å². The molecule has 0 aromatic carbocycles. The van der Waals surface area contributed by atoms with E-state index in [1.807, 2.05) is 17.9 Å². The topological polar surface area (TPSA) is 98.4 Å². The Morgan fingerprint density at radius 3 is 2.72 bits per heavy atom. The van der Waals surface area contributed by atoms with Gasteiger partial charge in [0.25, 0.3) is 5.91 Å². The molecule has 2 aliphatic rings. The van der Waals surface area contributed by atoms with Crippen molar-refractivity contribution in [3.8, 4) is 0 Å². The Labute approximate surface area is 146 Å². The number of furan rings is 1. The predicted molar refractivity (Wildman–Crippen MR) is 90.0 cm³/mol. The van der Waals surface area contributed by atoms with E-state index in [2.05, 4.69) is 10.1 Å². The molecule has 7 nitrogen and oxygen atoms in total. The lowest BCUT2D eigenvalue weighted by atomic mass is 9.77. The Hall–Kier alpha value is -2.15. The van der Waals surface area contributed by atoms with Gasteiger partial charge >= 0.3 is 0 Å². The lowest BCUT2D eigenvalue weighted by molar-refractivity contribution is 0.0670. The molecule has 134 valence electrons. The number of nitrogens with two attached hydrogens (primary N) is 1. The van der Waals surface area contributed by atoms with E-state index in [1.165, 1.54) is 0 Å². The van der Waals surface area contributed by atoms with Crippen LogP contribution in [0.1, 0.15) is 73.0 Å². The summed E-state index contributed by atoms with van der Waals surface area (Å²) in [7, 11) is 0. The van der Waals surface area contributed by atoms with Gasteiger partial charge in [-0.25, -0.2) is 0 Å². The molecule has 1 saturated heterocycles. The van der Waals surface area contributed by atoms with Gasteiger partial charge in [0.1, 0.15) is 5.76 Å². The van der Waals surface area contributed by atoms with Crippen LogP contribution in [-0.2, 0) is 12.0 Å². The number of aryl methyl sites for hydroxylation is 1. The Bertz CT molecular complexity index is 754. The SMILES string of the molecule is CCc1ccc(C(=O)N2CCC(c3nc(C4(N)CCC4)no3)CC2)o1. The first kappa shape index (κ1) is 16.3. The van der Waals surface area contributed by atoms with Crippen LogP contribution < -0.4 is 5.73 Å². The van der Waals surface area contributed by atoms with Gasteiger partial charge < -0.3 is 19.6 Å². The van der Waals surface area contributed by atoms with Crippen molar-refractivity contribution in [1.29, 1.82) is 0 Å². The van der Waals surface area contributed by atoms with Crippen molar-refractivity contribution < 1.29 is 13.7 Å². The van der Waals surface area contributed by atoms with Crippen molar-refractivity contribution in [3.05, 3.63) is 35.4 Å². The van der Waals surface area contributed by atoms with Crippen molar-refractivity contribution in [1.82, 2.24) is 15.0 Å². The van der Waals surface area contributed by atoms with E-state index < -0.39 is 5.54 Å². The molecule has 4 rings (SSSR count). The molecule has 1 saturated carbocycles. The first-order valence-electron chi connectivity index (χ1n) is 9.10. The number of aromatic nitrogens is 2. The first-order valence-corrected chi connectivity index (χ1v) is 9.10. The van der Waals surface area contributed by atoms with Gasteiger partial charge in [-0.3, -0.25) is 4.79 Å². The summed E-state index contributed by atoms with van der Waals surface area (Å²) in [5.41, 5.74) is 5.86. The molecule has 2 aromatic heterocycles. The highest BCUT2D eigenvalue weighted by molar-refractivity contribution is 5.91. The molecule has 2 N–H and O–H groups in total. The van der Waals surface area contributed by atoms with Crippen LogP contribution in [0.2, 0.25) is 0 Å². The number of carbonyl (C=O) groups excluding carboxylic acids is 1. The van der Waals surface area contributed by atoms with E-state index in [0.29, 0.717) is 30.6 Å². The summed E-state index contributed by atoms with van der Waals surface area (Å²) in [6.45, 7) is 3.33. The van der Waals surface area contributed by atoms with Crippen LogP contribution in [0.15, 0.2) is 21.1 Å². The maximum absolute atomic E-state index is 12.5. The van der Waals surface area contributed by atoms with Crippen LogP contribution in [0.3, 0.4) is 0 Å². The number of likely N-dealkylation sites (tertiary alicyclic amines) is 1. The number of hydrogen-bond donors (Lipinski definition) is 1. The van der Waals surface area contributed by atoms with Crippen LogP contribution in [0.5, 0.6) is 0 Å². The first-order chi connectivity index (χ1) is 12.1. The fourth-order valence-corrected chi connectivity index (χ4v) is 3.55. The van der Waals surface area contributed by atoms with Crippen LogP contribution in [0, 0.1) is 0 Å². The van der Waals surface area contributed by atoms with Crippen molar-refractivity contribution in [2.24, 2.45) is 5.73 Å². The van der Waals surface area contributed by atoms with E-state index in [4.69, 9.17) is 14.7 Å². The van der Waals surface area contributed by atoms with Crippen LogP contribution in [-0.4, -0.2) is 34.0 Å². The summed E-state index contributed by atoms with van der Waals surface area (Å²) in [6, 6.07) is 3.62. The van der Waals surface area contributed by atoms with Gasteiger partial charge in [-0.1, -0.05) is 12.1 Å². The number of rotatable bonds is 4. The van der Waals surface area contributed by atoms with Crippen LogP contribution >= 0.6 is 0 Å². The van der Waals surface area contributed by atoms with E-state index >= 15 is 0 Å². The lowest BCUT2D eigenvalue weighted by Gasteiger charge is -2.34. The molecule has 0 atom stereocenters. The van der Waals surface area contributed by atoms with E-state index in [-0.39, 0.29) is 11.8 Å². The molecule has 0 spiro atoms. The molecule has 3 heterocycles. The van der Waals surface area contributed by atoms with E-state index in [9.17, 15) is 4.79 Å². The predicted octanol–water partition coefficient (Wildman–Crippen LogP) is 2.58. The summed E-state index contributed by atoms with van der Waals surface area (Å²) in [6.07, 6.45) is 5.37. The largest absolute Gasteiger partial charge is 0.456 e. The van der Waals surface area contributed by atoms with Crippen LogP contribution in [0.4, 0.5) is 0 Å². The third kappa shape index (κ3) is 2.97. The second-order valence-electron chi connectivity index (χ2n) is 7.15. The smallest absolute Gasteiger partial charge is 0.289 e. The number of piperidine rings is 1. The maximum atomic E-state index is 12.5. The quantitative estimate of drug-likeness (QED) is 0.915. The lowest BCUT2D eigenvalue weighted by Crippen LogP contribution is -2.44. The summed E-state index contributed by atoms with van der Waals surface area (Å²) in [5.74, 6) is 2.70. The highest BCUT2D eigenvalue weighted by Gasteiger charge is 2.40. The molecule has 2 fully saturated rings. The van der Waals surface area contributed by atoms with Gasteiger partial charge in [-0.05, 0) is 44.2 Å². The average molecular weight is 344 g/mol. The fraction of sp³-hybridized carbons (Fsp3) is 0.611. The normalized spacial score (nSPS) is 20.5. The molecule has 25 heavy (non-hydrogen) atoms. The van der Waals surface area contributed by atoms with Gasteiger partial charge in [0.15, 0.2) is 11.6 Å². The zero-order valence-corrected chi connectivity index (χ0v) is 14.5. The minimum absolute atomic E-state index is 0.0419. The molecule has 0 bridgehead atoms. The highest BCUT2D eigenvalue weighted by Crippen LogP contribution is 2.38. The zero-order valence-electron chi connectivity index (χ0n) is 14.5. The number of amides is 1. The molecule has 2 aromatic rings. The van der Waals surface area contributed by atoms with Gasteiger partial charge in [-0.15, -0.1) is 0 Å².